The third-order valence-corrected chi connectivity index (χ3v) is 4.89. The molecular weight excluding hydrogens is 382 g/mol. The van der Waals surface area contributed by atoms with Gasteiger partial charge < -0.3 is 19.7 Å². The van der Waals surface area contributed by atoms with Gasteiger partial charge in [0.15, 0.2) is 23.1 Å². The predicted octanol–water partition coefficient (Wildman–Crippen LogP) is 3.01. The van der Waals surface area contributed by atoms with Crippen molar-refractivity contribution in [1.82, 2.24) is 4.90 Å². The molecule has 1 unspecified atom stereocenters. The number of nitrogens with one attached hydrogen (secondary N) is 1. The molecule has 1 saturated heterocycles. The van der Waals surface area contributed by atoms with Gasteiger partial charge in [-0.1, -0.05) is 6.07 Å². The number of methoxy groups -OCH3 is 2. The fourth-order valence-electron chi connectivity index (χ4n) is 3.28. The van der Waals surface area contributed by atoms with Crippen molar-refractivity contribution in [2.45, 2.75) is 12.8 Å². The monoisotopic (exact) mass is 404 g/mol. The fourth-order valence-corrected chi connectivity index (χ4v) is 3.28. The van der Waals surface area contributed by atoms with Gasteiger partial charge in [-0.25, -0.2) is 8.78 Å². The molecule has 3 rings (SSSR count). The second-order valence-corrected chi connectivity index (χ2v) is 6.80. The number of halogens is 2. The molecule has 6 nitrogen and oxygen atoms in total. The zero-order valence-corrected chi connectivity index (χ0v) is 16.2. The zero-order valence-electron chi connectivity index (χ0n) is 16.2. The Hall–Kier alpha value is -3.16. The van der Waals surface area contributed by atoms with E-state index in [1.807, 2.05) is 12.1 Å². The minimum Gasteiger partial charge on any atom is -0.493 e. The van der Waals surface area contributed by atoms with Crippen LogP contribution in [0, 0.1) is 17.6 Å². The van der Waals surface area contributed by atoms with Crippen molar-refractivity contribution in [1.29, 1.82) is 0 Å². The van der Waals surface area contributed by atoms with Crippen LogP contribution in [0.2, 0.25) is 0 Å². The standard InChI is InChI=1S/C21H22F2N2O4/c1-28-18-6-3-13(9-19(18)29-2)7-8-25-12-14(10-20(25)26)21(27)24-15-4-5-16(22)17(23)11-15/h3-6,9,11,14H,7-8,10,12H2,1-2H3,(H,24,27). The van der Waals surface area contributed by atoms with Gasteiger partial charge in [-0.2, -0.15) is 0 Å². The van der Waals surface area contributed by atoms with Crippen LogP contribution in [0.5, 0.6) is 11.5 Å². The molecule has 2 aromatic rings. The SMILES string of the molecule is COc1ccc(CCN2CC(C(=O)Nc3ccc(F)c(F)c3)CC2=O)cc1OC. The molecule has 0 aliphatic carbocycles. The van der Waals surface area contributed by atoms with Crippen LogP contribution in [0.1, 0.15) is 12.0 Å². The first kappa shape index (κ1) is 20.6. The molecule has 1 aliphatic heterocycles. The van der Waals surface area contributed by atoms with E-state index in [9.17, 15) is 18.4 Å². The van der Waals surface area contributed by atoms with Crippen molar-refractivity contribution >= 4 is 17.5 Å². The van der Waals surface area contributed by atoms with Gasteiger partial charge in [-0.05, 0) is 36.2 Å². The van der Waals surface area contributed by atoms with Crippen LogP contribution in [0.3, 0.4) is 0 Å². The van der Waals surface area contributed by atoms with Crippen LogP contribution in [-0.2, 0) is 16.0 Å². The lowest BCUT2D eigenvalue weighted by Crippen LogP contribution is -2.30. The Morgan fingerprint density at radius 2 is 1.86 bits per heavy atom. The summed E-state index contributed by atoms with van der Waals surface area (Å²) in [6.45, 7) is 0.741. The molecule has 154 valence electrons. The minimum absolute atomic E-state index is 0.0848. The van der Waals surface area contributed by atoms with Crippen LogP contribution in [0.25, 0.3) is 0 Å². The Labute approximate surface area is 167 Å². The summed E-state index contributed by atoms with van der Waals surface area (Å²) in [6, 6.07) is 8.70. The third kappa shape index (κ3) is 4.82. The average Bonchev–Trinajstić information content (AvgIpc) is 3.09. The number of likely N-dealkylation sites (tertiary alicyclic amines) is 1. The van der Waals surface area contributed by atoms with Crippen LogP contribution >= 0.6 is 0 Å². The highest BCUT2D eigenvalue weighted by Crippen LogP contribution is 2.28. The van der Waals surface area contributed by atoms with Gasteiger partial charge in [0.05, 0.1) is 20.1 Å². The van der Waals surface area contributed by atoms with E-state index in [-0.39, 0.29) is 24.6 Å². The normalized spacial score (nSPS) is 16.1. The fraction of sp³-hybridized carbons (Fsp3) is 0.333. The first-order chi connectivity index (χ1) is 13.9. The van der Waals surface area contributed by atoms with Crippen LogP contribution in [0.15, 0.2) is 36.4 Å². The molecule has 0 spiro atoms. The van der Waals surface area contributed by atoms with Crippen LogP contribution in [-0.4, -0.2) is 44.0 Å². The second kappa shape index (κ2) is 8.89. The van der Waals surface area contributed by atoms with Crippen molar-refractivity contribution in [3.63, 3.8) is 0 Å². The summed E-state index contributed by atoms with van der Waals surface area (Å²) in [5.41, 5.74) is 1.13. The lowest BCUT2D eigenvalue weighted by Gasteiger charge is -2.17. The molecule has 0 aromatic heterocycles. The van der Waals surface area contributed by atoms with E-state index in [4.69, 9.17) is 9.47 Å². The lowest BCUT2D eigenvalue weighted by atomic mass is 10.1. The van der Waals surface area contributed by atoms with Crippen molar-refractivity contribution in [2.24, 2.45) is 5.92 Å². The predicted molar refractivity (Wildman–Crippen MR) is 103 cm³/mol. The van der Waals surface area contributed by atoms with E-state index < -0.39 is 23.5 Å². The molecule has 8 heteroatoms. The maximum Gasteiger partial charge on any atom is 0.229 e. The summed E-state index contributed by atoms with van der Waals surface area (Å²) in [5, 5.41) is 2.54. The van der Waals surface area contributed by atoms with Gasteiger partial charge in [-0.3, -0.25) is 9.59 Å². The zero-order chi connectivity index (χ0) is 21.0. The summed E-state index contributed by atoms with van der Waals surface area (Å²) in [4.78, 5) is 26.3. The number of hydrogen-bond donors (Lipinski definition) is 1. The highest BCUT2D eigenvalue weighted by Gasteiger charge is 2.34. The molecular formula is C21H22F2N2O4. The molecule has 1 N–H and O–H groups in total. The molecule has 1 atom stereocenters. The quantitative estimate of drug-likeness (QED) is 0.770. The molecule has 0 bridgehead atoms. The molecule has 2 amide bonds. The summed E-state index contributed by atoms with van der Waals surface area (Å²) in [6.07, 6.45) is 0.686. The van der Waals surface area contributed by atoms with Gasteiger partial charge in [0.25, 0.3) is 0 Å². The number of carbonyl (C=O) groups excluding carboxylic acids is 2. The van der Waals surface area contributed by atoms with Gasteiger partial charge >= 0.3 is 0 Å². The van der Waals surface area contributed by atoms with Crippen LogP contribution in [0.4, 0.5) is 14.5 Å². The largest absolute Gasteiger partial charge is 0.493 e. The van der Waals surface area contributed by atoms with E-state index >= 15 is 0 Å². The molecule has 0 saturated carbocycles. The first-order valence-electron chi connectivity index (χ1n) is 9.16. The number of hydrogen-bond acceptors (Lipinski definition) is 4. The van der Waals surface area contributed by atoms with E-state index in [1.54, 1.807) is 25.2 Å². The maximum absolute atomic E-state index is 13.3. The van der Waals surface area contributed by atoms with E-state index in [0.29, 0.717) is 24.5 Å². The van der Waals surface area contributed by atoms with Crippen molar-refractivity contribution in [3.05, 3.63) is 53.6 Å². The number of benzene rings is 2. The minimum atomic E-state index is -1.04. The Kier molecular flexibility index (Phi) is 6.31. The molecule has 1 fully saturated rings. The summed E-state index contributed by atoms with van der Waals surface area (Å²) in [7, 11) is 3.12. The maximum atomic E-state index is 13.3. The van der Waals surface area contributed by atoms with Gasteiger partial charge in [0.1, 0.15) is 0 Å². The Balaban J connectivity index is 1.57. The number of anilines is 1. The summed E-state index contributed by atoms with van der Waals surface area (Å²) < 4.78 is 36.8. The smallest absolute Gasteiger partial charge is 0.229 e. The summed E-state index contributed by atoms with van der Waals surface area (Å²) >= 11 is 0. The van der Waals surface area contributed by atoms with E-state index in [2.05, 4.69) is 5.32 Å². The Morgan fingerprint density at radius 3 is 2.55 bits per heavy atom. The topological polar surface area (TPSA) is 67.9 Å². The number of ether oxygens (including phenoxy) is 2. The van der Waals surface area contributed by atoms with Crippen LogP contribution < -0.4 is 14.8 Å². The molecule has 0 radical (unpaired) electrons. The molecule has 1 aliphatic rings. The van der Waals surface area contributed by atoms with Gasteiger partial charge in [0, 0.05) is 31.3 Å². The van der Waals surface area contributed by atoms with Crippen molar-refractivity contribution < 1.29 is 27.8 Å². The average molecular weight is 404 g/mol. The Bertz CT molecular complexity index is 920. The summed E-state index contributed by atoms with van der Waals surface area (Å²) in [5.74, 6) is -1.83. The number of carbonyl (C=O) groups is 2. The lowest BCUT2D eigenvalue weighted by molar-refractivity contribution is -0.128. The Morgan fingerprint density at radius 1 is 1.10 bits per heavy atom. The number of nitrogens with zero attached hydrogens (tertiary/aromatic N) is 1. The third-order valence-electron chi connectivity index (χ3n) is 4.89. The van der Waals surface area contributed by atoms with E-state index in [0.717, 1.165) is 17.7 Å². The second-order valence-electron chi connectivity index (χ2n) is 6.80. The first-order valence-corrected chi connectivity index (χ1v) is 9.16. The van der Waals surface area contributed by atoms with E-state index in [1.165, 1.54) is 6.07 Å². The van der Waals surface area contributed by atoms with Crippen molar-refractivity contribution in [2.75, 3.05) is 32.6 Å². The number of amides is 2. The molecule has 29 heavy (non-hydrogen) atoms. The molecule has 2 aromatic carbocycles. The highest BCUT2D eigenvalue weighted by atomic mass is 19.2. The number of rotatable bonds is 7. The van der Waals surface area contributed by atoms with Gasteiger partial charge in [0.2, 0.25) is 11.8 Å². The molecule has 1 heterocycles. The highest BCUT2D eigenvalue weighted by molar-refractivity contribution is 5.97. The van der Waals surface area contributed by atoms with Crippen molar-refractivity contribution in [3.8, 4) is 11.5 Å². The van der Waals surface area contributed by atoms with Gasteiger partial charge in [-0.15, -0.1) is 0 Å².